The Bertz CT molecular complexity index is 312. The Hall–Kier alpha value is -1.65. The van der Waals surface area contributed by atoms with E-state index in [2.05, 4.69) is 9.97 Å². The predicted octanol–water partition coefficient (Wildman–Crippen LogP) is 0.270. The van der Waals surface area contributed by atoms with Gasteiger partial charge in [0.15, 0.2) is 5.78 Å². The van der Waals surface area contributed by atoms with Crippen molar-refractivity contribution in [2.45, 2.75) is 6.92 Å². The van der Waals surface area contributed by atoms with Crippen molar-refractivity contribution >= 4 is 11.6 Å². The number of nitrogens with two attached hydrogens (primary N) is 1. The number of carbonyl (C=O) groups excluding carboxylic acids is 1. The van der Waals surface area contributed by atoms with Crippen molar-refractivity contribution in [3.05, 3.63) is 11.8 Å². The molecule has 0 bridgehead atoms. The Morgan fingerprint density at radius 3 is 2.75 bits per heavy atom. The van der Waals surface area contributed by atoms with E-state index < -0.39 is 0 Å². The highest BCUT2D eigenvalue weighted by molar-refractivity contribution is 5.97. The van der Waals surface area contributed by atoms with Crippen molar-refractivity contribution in [3.63, 3.8) is 0 Å². The molecule has 0 unspecified atom stereocenters. The lowest BCUT2D eigenvalue weighted by atomic mass is 10.2. The minimum atomic E-state index is -0.157. The molecule has 5 heteroatoms. The summed E-state index contributed by atoms with van der Waals surface area (Å²) in [5.74, 6) is -0.00972. The van der Waals surface area contributed by atoms with Crippen LogP contribution in [-0.2, 0) is 0 Å². The highest BCUT2D eigenvalue weighted by Gasteiger charge is 2.07. The number of methoxy groups -OCH3 is 1. The van der Waals surface area contributed by atoms with Crippen LogP contribution in [0.4, 0.5) is 5.82 Å². The zero-order chi connectivity index (χ0) is 9.14. The van der Waals surface area contributed by atoms with Crippen LogP contribution in [0, 0.1) is 0 Å². The highest BCUT2D eigenvalue weighted by Crippen LogP contribution is 2.11. The van der Waals surface area contributed by atoms with Crippen LogP contribution in [0.1, 0.15) is 17.3 Å². The molecule has 0 aliphatic rings. The van der Waals surface area contributed by atoms with Gasteiger partial charge in [-0.2, -0.15) is 4.98 Å². The Balaban J connectivity index is 3.12. The molecular weight excluding hydrogens is 158 g/mol. The van der Waals surface area contributed by atoms with Crippen molar-refractivity contribution in [3.8, 4) is 6.01 Å². The fraction of sp³-hybridized carbons (Fsp3) is 0.286. The second kappa shape index (κ2) is 3.17. The molecule has 1 rings (SSSR count). The van der Waals surface area contributed by atoms with Crippen molar-refractivity contribution in [1.29, 1.82) is 0 Å². The third kappa shape index (κ3) is 1.50. The van der Waals surface area contributed by atoms with E-state index in [4.69, 9.17) is 10.5 Å². The van der Waals surface area contributed by atoms with Crippen LogP contribution >= 0.6 is 0 Å². The second-order valence-electron chi connectivity index (χ2n) is 2.21. The van der Waals surface area contributed by atoms with E-state index in [0.717, 1.165) is 0 Å². The maximum Gasteiger partial charge on any atom is 0.318 e. The van der Waals surface area contributed by atoms with Crippen LogP contribution in [0.25, 0.3) is 0 Å². The fourth-order valence-corrected chi connectivity index (χ4v) is 0.748. The first-order chi connectivity index (χ1) is 5.65. The van der Waals surface area contributed by atoms with Gasteiger partial charge in [-0.1, -0.05) is 0 Å². The number of nitrogens with zero attached hydrogens (tertiary/aromatic N) is 2. The Morgan fingerprint density at radius 1 is 1.67 bits per heavy atom. The number of carbonyl (C=O) groups is 1. The first-order valence-electron chi connectivity index (χ1n) is 3.32. The smallest absolute Gasteiger partial charge is 0.318 e. The van der Waals surface area contributed by atoms with Gasteiger partial charge in [-0.25, -0.2) is 4.98 Å². The molecule has 0 saturated carbocycles. The quantitative estimate of drug-likeness (QED) is 0.639. The molecule has 0 fully saturated rings. The largest absolute Gasteiger partial charge is 0.467 e. The molecule has 1 heterocycles. The first-order valence-corrected chi connectivity index (χ1v) is 3.32. The fourth-order valence-electron chi connectivity index (χ4n) is 0.748. The van der Waals surface area contributed by atoms with Crippen LogP contribution in [0.3, 0.4) is 0 Å². The maximum absolute atomic E-state index is 10.9. The standard InChI is InChI=1S/C7H9N3O2/c1-4(11)5-3-9-7(12-2)10-6(5)8/h3H,1-2H3,(H2,8,9,10). The van der Waals surface area contributed by atoms with Crippen molar-refractivity contribution in [1.82, 2.24) is 9.97 Å². The van der Waals surface area contributed by atoms with Gasteiger partial charge in [-0.3, -0.25) is 4.79 Å². The van der Waals surface area contributed by atoms with E-state index in [-0.39, 0.29) is 17.6 Å². The van der Waals surface area contributed by atoms with E-state index in [1.165, 1.54) is 20.2 Å². The Labute approximate surface area is 69.6 Å². The molecule has 0 radical (unpaired) electrons. The summed E-state index contributed by atoms with van der Waals surface area (Å²) in [6, 6.07) is 0.164. The number of ketones is 1. The van der Waals surface area contributed by atoms with Gasteiger partial charge < -0.3 is 10.5 Å². The van der Waals surface area contributed by atoms with E-state index >= 15 is 0 Å². The van der Waals surface area contributed by atoms with Crippen LogP contribution in [-0.4, -0.2) is 22.9 Å². The lowest BCUT2D eigenvalue weighted by Crippen LogP contribution is -2.04. The van der Waals surface area contributed by atoms with E-state index in [9.17, 15) is 4.79 Å². The lowest BCUT2D eigenvalue weighted by Gasteiger charge is -2.01. The van der Waals surface area contributed by atoms with Crippen molar-refractivity contribution in [2.75, 3.05) is 12.8 Å². The average Bonchev–Trinajstić information content (AvgIpc) is 2.03. The molecule has 0 saturated heterocycles. The third-order valence-electron chi connectivity index (χ3n) is 1.36. The minimum absolute atomic E-state index is 0.148. The topological polar surface area (TPSA) is 78.1 Å². The summed E-state index contributed by atoms with van der Waals surface area (Å²) < 4.78 is 4.72. The van der Waals surface area contributed by atoms with Gasteiger partial charge in [0.1, 0.15) is 5.82 Å². The van der Waals surface area contributed by atoms with Gasteiger partial charge in [0.25, 0.3) is 0 Å². The van der Waals surface area contributed by atoms with Gasteiger partial charge in [-0.15, -0.1) is 0 Å². The van der Waals surface area contributed by atoms with Gasteiger partial charge in [-0.05, 0) is 6.92 Å². The summed E-state index contributed by atoms with van der Waals surface area (Å²) in [6.07, 6.45) is 1.35. The molecule has 0 spiro atoms. The molecule has 2 N–H and O–H groups in total. The van der Waals surface area contributed by atoms with Crippen LogP contribution in [0.2, 0.25) is 0 Å². The summed E-state index contributed by atoms with van der Waals surface area (Å²) in [7, 11) is 1.43. The van der Waals surface area contributed by atoms with Gasteiger partial charge in [0.05, 0.1) is 12.7 Å². The number of aromatic nitrogens is 2. The maximum atomic E-state index is 10.9. The number of anilines is 1. The highest BCUT2D eigenvalue weighted by atomic mass is 16.5. The van der Waals surface area contributed by atoms with Crippen LogP contribution in [0.15, 0.2) is 6.20 Å². The number of Topliss-reactive ketones (excluding diaryl/α,β-unsaturated/α-hetero) is 1. The zero-order valence-electron chi connectivity index (χ0n) is 6.87. The van der Waals surface area contributed by atoms with Gasteiger partial charge in [0.2, 0.25) is 0 Å². The summed E-state index contributed by atoms with van der Waals surface area (Å²) in [5, 5.41) is 0. The van der Waals surface area contributed by atoms with Crippen LogP contribution in [0.5, 0.6) is 6.01 Å². The van der Waals surface area contributed by atoms with Gasteiger partial charge in [0, 0.05) is 6.20 Å². The minimum Gasteiger partial charge on any atom is -0.467 e. The second-order valence-corrected chi connectivity index (χ2v) is 2.21. The molecule has 0 atom stereocenters. The summed E-state index contributed by atoms with van der Waals surface area (Å²) >= 11 is 0. The molecule has 12 heavy (non-hydrogen) atoms. The Morgan fingerprint density at radius 2 is 2.33 bits per heavy atom. The first kappa shape index (κ1) is 8.45. The number of nitrogen functional groups attached to an aromatic ring is 1. The summed E-state index contributed by atoms with van der Waals surface area (Å²) in [4.78, 5) is 18.3. The molecule has 64 valence electrons. The van der Waals surface area contributed by atoms with Gasteiger partial charge >= 0.3 is 6.01 Å². The monoisotopic (exact) mass is 167 g/mol. The van der Waals surface area contributed by atoms with E-state index in [0.29, 0.717) is 5.56 Å². The summed E-state index contributed by atoms with van der Waals surface area (Å²) in [5.41, 5.74) is 5.76. The van der Waals surface area contributed by atoms with E-state index in [1.54, 1.807) is 0 Å². The normalized spacial score (nSPS) is 9.50. The number of ether oxygens (including phenoxy) is 1. The SMILES string of the molecule is COc1ncc(C(C)=O)c(N)n1. The average molecular weight is 167 g/mol. The lowest BCUT2D eigenvalue weighted by molar-refractivity contribution is 0.101. The molecule has 0 aromatic carbocycles. The van der Waals surface area contributed by atoms with Crippen molar-refractivity contribution in [2.24, 2.45) is 0 Å². The number of rotatable bonds is 2. The molecule has 0 aliphatic carbocycles. The summed E-state index contributed by atoms with van der Waals surface area (Å²) in [6.45, 7) is 1.40. The zero-order valence-corrected chi connectivity index (χ0v) is 6.87. The molecule has 5 nitrogen and oxygen atoms in total. The molecule has 0 aliphatic heterocycles. The predicted molar refractivity (Wildman–Crippen MR) is 43.0 cm³/mol. The molecule has 0 amide bonds. The molecule has 1 aromatic rings. The molecular formula is C7H9N3O2. The third-order valence-corrected chi connectivity index (χ3v) is 1.36. The number of hydrogen-bond acceptors (Lipinski definition) is 5. The number of hydrogen-bond donors (Lipinski definition) is 1. The Kier molecular flexibility index (Phi) is 2.23. The van der Waals surface area contributed by atoms with Crippen molar-refractivity contribution < 1.29 is 9.53 Å². The van der Waals surface area contributed by atoms with E-state index in [1.807, 2.05) is 0 Å². The van der Waals surface area contributed by atoms with Crippen LogP contribution < -0.4 is 10.5 Å². The molecule has 1 aromatic heterocycles.